The summed E-state index contributed by atoms with van der Waals surface area (Å²) in [6, 6.07) is 15.1. The fraction of sp³-hybridized carbons (Fsp3) is 0.333. The summed E-state index contributed by atoms with van der Waals surface area (Å²) in [5.41, 5.74) is 9.07. The Morgan fingerprint density at radius 3 is 2.30 bits per heavy atom. The van der Waals surface area contributed by atoms with Crippen LogP contribution >= 0.6 is 0 Å². The molecule has 0 atom stereocenters. The predicted molar refractivity (Wildman–Crippen MR) is 118 cm³/mol. The lowest BCUT2D eigenvalue weighted by Gasteiger charge is -2.16. The molecule has 0 aliphatic heterocycles. The number of methoxy groups -OCH3 is 2. The Kier molecular flexibility index (Phi) is 9.25. The number of aryl methyl sites for hydroxylation is 1. The average molecular weight is 411 g/mol. The van der Waals surface area contributed by atoms with Crippen molar-refractivity contribution >= 4 is 17.4 Å². The molecule has 0 spiro atoms. The Balaban J connectivity index is 2.09. The first kappa shape index (κ1) is 23.3. The lowest BCUT2D eigenvalue weighted by molar-refractivity contribution is -0.117. The minimum atomic E-state index is -0.493. The van der Waals surface area contributed by atoms with Crippen molar-refractivity contribution in [1.82, 2.24) is 10.9 Å². The molecule has 0 saturated heterocycles. The molecule has 30 heavy (non-hydrogen) atoms. The Labute approximate surface area is 178 Å². The van der Waals surface area contributed by atoms with Gasteiger partial charge in [0.25, 0.3) is 11.8 Å². The van der Waals surface area contributed by atoms with Crippen LogP contribution in [0.1, 0.15) is 60.0 Å². The molecule has 6 heteroatoms. The number of hydrogen-bond acceptors (Lipinski definition) is 4. The molecule has 0 aliphatic rings. The maximum absolute atomic E-state index is 12.6. The van der Waals surface area contributed by atoms with Gasteiger partial charge in [-0.1, -0.05) is 56.7 Å². The zero-order valence-corrected chi connectivity index (χ0v) is 18.0. The Bertz CT molecular complexity index is 874. The molecular formula is C24H30N2O4. The van der Waals surface area contributed by atoms with Gasteiger partial charge in [-0.2, -0.15) is 0 Å². The van der Waals surface area contributed by atoms with E-state index in [-0.39, 0.29) is 11.8 Å². The van der Waals surface area contributed by atoms with Crippen molar-refractivity contribution in [3.05, 3.63) is 76.9 Å². The summed E-state index contributed by atoms with van der Waals surface area (Å²) in [6.07, 6.45) is 3.38. The number of rotatable bonds is 9. The van der Waals surface area contributed by atoms with Crippen molar-refractivity contribution in [2.24, 2.45) is 0 Å². The molecule has 160 valence electrons. The molecule has 2 N–H and O–H groups in total. The first-order valence-electron chi connectivity index (χ1n) is 10.1. The van der Waals surface area contributed by atoms with Crippen LogP contribution < -0.4 is 10.9 Å². The van der Waals surface area contributed by atoms with E-state index in [4.69, 9.17) is 9.47 Å². The lowest BCUT2D eigenvalue weighted by Crippen LogP contribution is -2.41. The zero-order valence-electron chi connectivity index (χ0n) is 18.0. The monoisotopic (exact) mass is 410 g/mol. The van der Waals surface area contributed by atoms with E-state index in [1.807, 2.05) is 43.3 Å². The lowest BCUT2D eigenvalue weighted by atomic mass is 10.0. The highest BCUT2D eigenvalue weighted by Crippen LogP contribution is 2.22. The third-order valence-electron chi connectivity index (χ3n) is 4.72. The molecular weight excluding hydrogens is 380 g/mol. The second kappa shape index (κ2) is 11.9. The summed E-state index contributed by atoms with van der Waals surface area (Å²) < 4.78 is 10.5. The van der Waals surface area contributed by atoms with Crippen LogP contribution in [0.2, 0.25) is 0 Å². The van der Waals surface area contributed by atoms with Gasteiger partial charge >= 0.3 is 0 Å². The summed E-state index contributed by atoms with van der Waals surface area (Å²) in [6.45, 7) is 4.02. The Morgan fingerprint density at radius 1 is 1.00 bits per heavy atom. The topological polar surface area (TPSA) is 76.7 Å². The van der Waals surface area contributed by atoms with Crippen molar-refractivity contribution in [3.63, 3.8) is 0 Å². The van der Waals surface area contributed by atoms with Gasteiger partial charge in [-0.15, -0.1) is 0 Å². The van der Waals surface area contributed by atoms with Gasteiger partial charge in [-0.05, 0) is 41.7 Å². The molecule has 6 nitrogen and oxygen atoms in total. The minimum absolute atomic E-state index is 0.371. The van der Waals surface area contributed by atoms with Crippen molar-refractivity contribution in [2.75, 3.05) is 14.2 Å². The maximum Gasteiger partial charge on any atom is 0.269 e. The van der Waals surface area contributed by atoms with Crippen LogP contribution in [0.15, 0.2) is 54.6 Å². The number of carbonyl (C=O) groups excluding carboxylic acids is 2. The van der Waals surface area contributed by atoms with E-state index >= 15 is 0 Å². The third kappa shape index (κ3) is 6.27. The summed E-state index contributed by atoms with van der Waals surface area (Å²) in [4.78, 5) is 25.0. The predicted octanol–water partition coefficient (Wildman–Crippen LogP) is 4.19. The number of benzene rings is 2. The van der Waals surface area contributed by atoms with E-state index in [2.05, 4.69) is 17.8 Å². The van der Waals surface area contributed by atoms with Crippen LogP contribution in [0.4, 0.5) is 0 Å². The molecule has 0 heterocycles. The summed E-state index contributed by atoms with van der Waals surface area (Å²) in [5.74, 6) is -0.743. The molecule has 2 rings (SSSR count). The quantitative estimate of drug-likeness (QED) is 0.369. The first-order chi connectivity index (χ1) is 14.5. The van der Waals surface area contributed by atoms with E-state index in [0.29, 0.717) is 12.0 Å². The van der Waals surface area contributed by atoms with Crippen molar-refractivity contribution in [3.8, 4) is 0 Å². The second-order valence-corrected chi connectivity index (χ2v) is 6.80. The molecule has 0 fully saturated rings. The van der Waals surface area contributed by atoms with Gasteiger partial charge in [-0.3, -0.25) is 20.4 Å². The van der Waals surface area contributed by atoms with Gasteiger partial charge in [-0.25, -0.2) is 0 Å². The molecule has 0 aromatic heterocycles. The molecule has 0 aliphatic carbocycles. The van der Waals surface area contributed by atoms with Crippen LogP contribution in [0.25, 0.3) is 5.57 Å². The molecule has 2 aromatic carbocycles. The average Bonchev–Trinajstić information content (AvgIpc) is 2.78. The number of hydrazine groups is 1. The normalized spacial score (nSPS) is 11.4. The summed E-state index contributed by atoms with van der Waals surface area (Å²) in [7, 11) is 3.12. The van der Waals surface area contributed by atoms with E-state index in [1.165, 1.54) is 6.08 Å². The van der Waals surface area contributed by atoms with Gasteiger partial charge in [0.2, 0.25) is 0 Å². The number of amides is 2. The molecule has 0 unspecified atom stereocenters. The van der Waals surface area contributed by atoms with Crippen LogP contribution in [-0.4, -0.2) is 26.0 Å². The number of hydrogen-bond donors (Lipinski definition) is 2. The molecule has 2 amide bonds. The van der Waals surface area contributed by atoms with Gasteiger partial charge in [0, 0.05) is 31.4 Å². The van der Waals surface area contributed by atoms with E-state index in [1.54, 1.807) is 26.4 Å². The Hall–Kier alpha value is -2.96. The Morgan fingerprint density at radius 2 is 1.70 bits per heavy atom. The van der Waals surface area contributed by atoms with E-state index < -0.39 is 6.29 Å². The van der Waals surface area contributed by atoms with Crippen LogP contribution in [0.3, 0.4) is 0 Å². The van der Waals surface area contributed by atoms with Crippen molar-refractivity contribution in [1.29, 1.82) is 0 Å². The molecule has 2 aromatic rings. The molecule has 0 saturated carbocycles. The van der Waals surface area contributed by atoms with Gasteiger partial charge in [0.05, 0.1) is 0 Å². The van der Waals surface area contributed by atoms with E-state index in [9.17, 15) is 9.59 Å². The maximum atomic E-state index is 12.6. The van der Waals surface area contributed by atoms with Crippen LogP contribution in [0, 0.1) is 0 Å². The highest BCUT2D eigenvalue weighted by molar-refractivity contribution is 6.00. The third-order valence-corrected chi connectivity index (χ3v) is 4.72. The first-order valence-corrected chi connectivity index (χ1v) is 10.1. The van der Waals surface area contributed by atoms with Crippen LogP contribution in [-0.2, 0) is 20.7 Å². The minimum Gasteiger partial charge on any atom is -0.352 e. The van der Waals surface area contributed by atoms with Gasteiger partial charge < -0.3 is 9.47 Å². The second-order valence-electron chi connectivity index (χ2n) is 6.80. The highest BCUT2D eigenvalue weighted by Gasteiger charge is 2.15. The largest absolute Gasteiger partial charge is 0.352 e. The fourth-order valence-electron chi connectivity index (χ4n) is 3.24. The van der Waals surface area contributed by atoms with Crippen molar-refractivity contribution in [2.45, 2.75) is 39.4 Å². The summed E-state index contributed by atoms with van der Waals surface area (Å²) in [5, 5.41) is 0. The zero-order chi connectivity index (χ0) is 21.9. The standard InChI is InChI=1S/C24H30N2O4/c1-5-10-19(18-11-8-7-9-12-18)16-22(27)25-26-23(28)21-14-13-20(15-17(21)6-2)24(29-3)30-4/h7-9,11-16,24H,5-6,10H2,1-4H3,(H,25,27)(H,26,28). The SMILES string of the molecule is CCCC(=CC(=O)NNC(=O)c1ccc(C(OC)OC)cc1CC)c1ccccc1. The fourth-order valence-corrected chi connectivity index (χ4v) is 3.24. The smallest absolute Gasteiger partial charge is 0.269 e. The summed E-state index contributed by atoms with van der Waals surface area (Å²) >= 11 is 0. The molecule has 0 radical (unpaired) electrons. The highest BCUT2D eigenvalue weighted by atomic mass is 16.7. The number of ether oxygens (including phenoxy) is 2. The van der Waals surface area contributed by atoms with Crippen molar-refractivity contribution < 1.29 is 19.1 Å². The van der Waals surface area contributed by atoms with Gasteiger partial charge in [0.15, 0.2) is 6.29 Å². The van der Waals surface area contributed by atoms with Gasteiger partial charge in [0.1, 0.15) is 0 Å². The van der Waals surface area contributed by atoms with E-state index in [0.717, 1.165) is 35.1 Å². The number of nitrogens with one attached hydrogen (secondary N) is 2. The van der Waals surface area contributed by atoms with Crippen LogP contribution in [0.5, 0.6) is 0 Å². The molecule has 0 bridgehead atoms. The number of carbonyl (C=O) groups is 2. The number of allylic oxidation sites excluding steroid dienone is 1.